The molecule has 0 aliphatic heterocycles. The van der Waals surface area contributed by atoms with E-state index in [2.05, 4.69) is 10.2 Å². The predicted octanol–water partition coefficient (Wildman–Crippen LogP) is 2.80. The Bertz CT molecular complexity index is 268. The minimum atomic E-state index is 0.652. The van der Waals surface area contributed by atoms with Gasteiger partial charge in [-0.3, -0.25) is 0 Å². The molecule has 2 rings (SSSR count). The SMILES string of the molecule is Ic1nnc(CCC2CCCC2)o1. The van der Waals surface area contributed by atoms with Crippen molar-refractivity contribution in [3.05, 3.63) is 9.79 Å². The number of aromatic nitrogens is 2. The van der Waals surface area contributed by atoms with Gasteiger partial charge in [-0.1, -0.05) is 25.7 Å². The first-order valence-corrected chi connectivity index (χ1v) is 5.90. The van der Waals surface area contributed by atoms with Crippen LogP contribution in [0.2, 0.25) is 0 Å². The van der Waals surface area contributed by atoms with Gasteiger partial charge in [-0.15, -0.1) is 10.2 Å². The standard InChI is InChI=1S/C9H13IN2O/c10-9-12-11-8(13-9)6-5-7-3-1-2-4-7/h7H,1-6H2. The van der Waals surface area contributed by atoms with E-state index in [4.69, 9.17) is 4.42 Å². The maximum atomic E-state index is 5.31. The highest BCUT2D eigenvalue weighted by Crippen LogP contribution is 2.28. The van der Waals surface area contributed by atoms with Crippen LogP contribution in [0.3, 0.4) is 0 Å². The Kier molecular flexibility index (Phi) is 3.18. The second-order valence-corrected chi connectivity index (χ2v) is 4.56. The minimum absolute atomic E-state index is 0.652. The van der Waals surface area contributed by atoms with E-state index >= 15 is 0 Å². The summed E-state index contributed by atoms with van der Waals surface area (Å²) in [6.07, 6.45) is 7.79. The van der Waals surface area contributed by atoms with E-state index in [-0.39, 0.29) is 0 Å². The Balaban J connectivity index is 1.78. The van der Waals surface area contributed by atoms with Gasteiger partial charge in [-0.05, 0) is 12.3 Å². The molecule has 0 amide bonds. The van der Waals surface area contributed by atoms with Crippen molar-refractivity contribution in [3.8, 4) is 0 Å². The van der Waals surface area contributed by atoms with Crippen molar-refractivity contribution in [2.45, 2.75) is 38.5 Å². The van der Waals surface area contributed by atoms with Crippen molar-refractivity contribution in [1.29, 1.82) is 0 Å². The monoisotopic (exact) mass is 292 g/mol. The van der Waals surface area contributed by atoms with Gasteiger partial charge in [-0.25, -0.2) is 0 Å². The maximum absolute atomic E-state index is 5.31. The lowest BCUT2D eigenvalue weighted by molar-refractivity contribution is 0.426. The lowest BCUT2D eigenvalue weighted by Crippen LogP contribution is -1.96. The molecule has 1 aliphatic rings. The van der Waals surface area contributed by atoms with Crippen LogP contribution in [0.4, 0.5) is 0 Å². The topological polar surface area (TPSA) is 38.9 Å². The lowest BCUT2D eigenvalue weighted by atomic mass is 10.0. The molecule has 0 unspecified atom stereocenters. The third-order valence-corrected chi connectivity index (χ3v) is 3.12. The fourth-order valence-corrected chi connectivity index (χ4v) is 2.32. The van der Waals surface area contributed by atoms with Gasteiger partial charge < -0.3 is 4.42 Å². The van der Waals surface area contributed by atoms with Crippen molar-refractivity contribution in [3.63, 3.8) is 0 Å². The molecule has 72 valence electrons. The Morgan fingerprint density at radius 2 is 2.08 bits per heavy atom. The molecule has 4 heteroatoms. The zero-order valence-corrected chi connectivity index (χ0v) is 9.66. The van der Waals surface area contributed by atoms with E-state index in [1.54, 1.807) is 0 Å². The zero-order chi connectivity index (χ0) is 9.10. The molecule has 0 atom stereocenters. The van der Waals surface area contributed by atoms with Gasteiger partial charge in [0.15, 0.2) is 0 Å². The molecule has 13 heavy (non-hydrogen) atoms. The molecular formula is C9H13IN2O. The second kappa shape index (κ2) is 4.39. The van der Waals surface area contributed by atoms with Gasteiger partial charge in [-0.2, -0.15) is 0 Å². The van der Waals surface area contributed by atoms with Gasteiger partial charge in [0.1, 0.15) is 0 Å². The Morgan fingerprint density at radius 1 is 1.31 bits per heavy atom. The van der Waals surface area contributed by atoms with Crippen LogP contribution in [0.1, 0.15) is 38.0 Å². The van der Waals surface area contributed by atoms with Crippen molar-refractivity contribution in [2.75, 3.05) is 0 Å². The van der Waals surface area contributed by atoms with Gasteiger partial charge in [0.2, 0.25) is 5.89 Å². The molecule has 0 spiro atoms. The molecule has 1 aromatic heterocycles. The molecule has 0 saturated heterocycles. The summed E-state index contributed by atoms with van der Waals surface area (Å²) in [5, 5.41) is 7.78. The van der Waals surface area contributed by atoms with Crippen LogP contribution in [0.15, 0.2) is 4.42 Å². The predicted molar refractivity (Wildman–Crippen MR) is 57.3 cm³/mol. The van der Waals surface area contributed by atoms with E-state index in [1.807, 2.05) is 22.6 Å². The molecule has 0 N–H and O–H groups in total. The zero-order valence-electron chi connectivity index (χ0n) is 7.50. The lowest BCUT2D eigenvalue weighted by Gasteiger charge is -2.04. The smallest absolute Gasteiger partial charge is 0.278 e. The third kappa shape index (κ3) is 2.65. The normalized spacial score (nSPS) is 18.2. The fraction of sp³-hybridized carbons (Fsp3) is 0.778. The molecule has 1 saturated carbocycles. The largest absolute Gasteiger partial charge is 0.416 e. The first kappa shape index (κ1) is 9.43. The van der Waals surface area contributed by atoms with Crippen LogP contribution < -0.4 is 0 Å². The number of hydrogen-bond acceptors (Lipinski definition) is 3. The molecule has 1 aromatic rings. The van der Waals surface area contributed by atoms with Gasteiger partial charge in [0.25, 0.3) is 3.90 Å². The molecule has 1 fully saturated rings. The highest BCUT2D eigenvalue weighted by molar-refractivity contribution is 14.1. The van der Waals surface area contributed by atoms with Crippen LogP contribution >= 0.6 is 22.6 Å². The quantitative estimate of drug-likeness (QED) is 0.804. The summed E-state index contributed by atoms with van der Waals surface area (Å²) in [4.78, 5) is 0. The van der Waals surface area contributed by atoms with E-state index in [9.17, 15) is 0 Å². The van der Waals surface area contributed by atoms with Crippen molar-refractivity contribution < 1.29 is 4.42 Å². The molecular weight excluding hydrogens is 279 g/mol. The molecule has 0 radical (unpaired) electrons. The van der Waals surface area contributed by atoms with Crippen molar-refractivity contribution in [1.82, 2.24) is 10.2 Å². The molecule has 0 aromatic carbocycles. The third-order valence-electron chi connectivity index (χ3n) is 2.68. The van der Waals surface area contributed by atoms with E-state index < -0.39 is 0 Å². The summed E-state index contributed by atoms with van der Waals surface area (Å²) in [6, 6.07) is 0. The summed E-state index contributed by atoms with van der Waals surface area (Å²) in [5.74, 6) is 1.71. The summed E-state index contributed by atoms with van der Waals surface area (Å²) < 4.78 is 5.96. The number of aryl methyl sites for hydroxylation is 1. The number of nitrogens with zero attached hydrogens (tertiary/aromatic N) is 2. The van der Waals surface area contributed by atoms with Crippen molar-refractivity contribution >= 4 is 22.6 Å². The number of hydrogen-bond donors (Lipinski definition) is 0. The van der Waals surface area contributed by atoms with Crippen LogP contribution in [0.25, 0.3) is 0 Å². The molecule has 1 heterocycles. The summed E-state index contributed by atoms with van der Waals surface area (Å²) in [6.45, 7) is 0. The first-order chi connectivity index (χ1) is 6.34. The number of rotatable bonds is 3. The second-order valence-electron chi connectivity index (χ2n) is 3.64. The molecule has 3 nitrogen and oxygen atoms in total. The van der Waals surface area contributed by atoms with Crippen LogP contribution in [0.5, 0.6) is 0 Å². The van der Waals surface area contributed by atoms with E-state index in [0.29, 0.717) is 3.90 Å². The van der Waals surface area contributed by atoms with E-state index in [1.165, 1.54) is 32.1 Å². The van der Waals surface area contributed by atoms with Crippen LogP contribution in [0, 0.1) is 9.82 Å². The summed E-state index contributed by atoms with van der Waals surface area (Å²) in [5.41, 5.74) is 0. The van der Waals surface area contributed by atoms with Gasteiger partial charge in [0, 0.05) is 29.0 Å². The summed E-state index contributed by atoms with van der Waals surface area (Å²) in [7, 11) is 0. The van der Waals surface area contributed by atoms with Crippen molar-refractivity contribution in [2.24, 2.45) is 5.92 Å². The highest BCUT2D eigenvalue weighted by atomic mass is 127. The fourth-order valence-electron chi connectivity index (χ4n) is 1.96. The van der Waals surface area contributed by atoms with Gasteiger partial charge in [0.05, 0.1) is 0 Å². The number of halogens is 1. The maximum Gasteiger partial charge on any atom is 0.278 e. The minimum Gasteiger partial charge on any atom is -0.416 e. The van der Waals surface area contributed by atoms with Crippen LogP contribution in [-0.2, 0) is 6.42 Å². The first-order valence-electron chi connectivity index (χ1n) is 4.82. The average molecular weight is 292 g/mol. The summed E-state index contributed by atoms with van der Waals surface area (Å²) >= 11 is 2.05. The highest BCUT2D eigenvalue weighted by Gasteiger charge is 2.15. The van der Waals surface area contributed by atoms with Gasteiger partial charge >= 0.3 is 0 Å². The molecule has 0 bridgehead atoms. The average Bonchev–Trinajstić information content (AvgIpc) is 2.71. The Hall–Kier alpha value is -0.130. The molecule has 1 aliphatic carbocycles. The Morgan fingerprint density at radius 3 is 2.69 bits per heavy atom. The van der Waals surface area contributed by atoms with Crippen LogP contribution in [-0.4, -0.2) is 10.2 Å². The Labute approximate surface area is 91.4 Å². The van der Waals surface area contributed by atoms with E-state index in [0.717, 1.165) is 18.2 Å².